The molecule has 0 bridgehead atoms. The Morgan fingerprint density at radius 1 is 1.47 bits per heavy atom. The van der Waals surface area contributed by atoms with Gasteiger partial charge in [0.05, 0.1) is 0 Å². The number of nitrogens with one attached hydrogen (secondary N) is 1. The Hall–Kier alpha value is -1.06. The van der Waals surface area contributed by atoms with Crippen LogP contribution in [0.4, 0.5) is 0 Å². The lowest BCUT2D eigenvalue weighted by molar-refractivity contribution is -0.146. The van der Waals surface area contributed by atoms with Crippen molar-refractivity contribution in [3.63, 3.8) is 0 Å². The Morgan fingerprint density at radius 2 is 2.07 bits per heavy atom. The first kappa shape index (κ1) is 12.0. The molecule has 1 saturated heterocycles. The molecule has 1 aliphatic heterocycles. The summed E-state index contributed by atoms with van der Waals surface area (Å²) in [6.45, 7) is 8.95. The van der Waals surface area contributed by atoms with Gasteiger partial charge in [0.1, 0.15) is 6.04 Å². The van der Waals surface area contributed by atoms with E-state index in [1.165, 1.54) is 0 Å². The summed E-state index contributed by atoms with van der Waals surface area (Å²) in [7, 11) is 0. The van der Waals surface area contributed by atoms with Crippen LogP contribution in [0.2, 0.25) is 0 Å². The Balaban J connectivity index is 2.70. The third-order valence-electron chi connectivity index (χ3n) is 3.17. The Morgan fingerprint density at radius 3 is 2.60 bits per heavy atom. The van der Waals surface area contributed by atoms with E-state index in [-0.39, 0.29) is 23.8 Å². The first-order valence-electron chi connectivity index (χ1n) is 5.53. The average Bonchev–Trinajstić information content (AvgIpc) is 2.20. The maximum absolute atomic E-state index is 12.0. The van der Waals surface area contributed by atoms with Crippen LogP contribution in [-0.2, 0) is 9.59 Å². The first-order chi connectivity index (χ1) is 6.95. The number of carbonyl (C=O) groups excluding carboxylic acids is 2. The largest absolute Gasteiger partial charge is 0.353 e. The second-order valence-electron chi connectivity index (χ2n) is 4.53. The molecule has 2 atom stereocenters. The third kappa shape index (κ3) is 2.49. The summed E-state index contributed by atoms with van der Waals surface area (Å²) in [5, 5.41) is 2.75. The van der Waals surface area contributed by atoms with Crippen molar-refractivity contribution in [1.29, 1.82) is 0 Å². The van der Waals surface area contributed by atoms with Gasteiger partial charge >= 0.3 is 0 Å². The number of carbonyl (C=O) groups is 2. The molecule has 1 N–H and O–H groups in total. The van der Waals surface area contributed by atoms with E-state index in [9.17, 15) is 9.59 Å². The molecule has 1 rings (SSSR count). The zero-order valence-corrected chi connectivity index (χ0v) is 9.91. The van der Waals surface area contributed by atoms with E-state index < -0.39 is 0 Å². The van der Waals surface area contributed by atoms with Crippen LogP contribution in [0.1, 0.15) is 27.7 Å². The standard InChI is InChI=1S/C11H20N2O2/c1-7(2)8(3)11(15)13-6-5-12-10(14)9(13)4/h7-9H,5-6H2,1-4H3,(H,12,14). The van der Waals surface area contributed by atoms with E-state index in [0.29, 0.717) is 19.0 Å². The van der Waals surface area contributed by atoms with E-state index in [1.807, 2.05) is 20.8 Å². The molecule has 1 aliphatic rings. The minimum Gasteiger partial charge on any atom is -0.353 e. The van der Waals surface area contributed by atoms with Crippen molar-refractivity contribution >= 4 is 11.8 Å². The van der Waals surface area contributed by atoms with Gasteiger partial charge in [-0.15, -0.1) is 0 Å². The highest BCUT2D eigenvalue weighted by molar-refractivity contribution is 5.89. The van der Waals surface area contributed by atoms with Gasteiger partial charge in [0, 0.05) is 19.0 Å². The molecule has 0 aromatic rings. The second kappa shape index (κ2) is 4.64. The topological polar surface area (TPSA) is 49.4 Å². The van der Waals surface area contributed by atoms with Crippen molar-refractivity contribution in [2.45, 2.75) is 33.7 Å². The molecule has 2 amide bonds. The van der Waals surface area contributed by atoms with Crippen molar-refractivity contribution in [2.24, 2.45) is 11.8 Å². The minimum atomic E-state index is -0.326. The smallest absolute Gasteiger partial charge is 0.242 e. The normalized spacial score (nSPS) is 23.9. The molecule has 0 aromatic carbocycles. The van der Waals surface area contributed by atoms with Crippen LogP contribution < -0.4 is 5.32 Å². The number of rotatable bonds is 2. The van der Waals surface area contributed by atoms with Crippen molar-refractivity contribution in [1.82, 2.24) is 10.2 Å². The zero-order chi connectivity index (χ0) is 11.6. The van der Waals surface area contributed by atoms with E-state index in [1.54, 1.807) is 11.8 Å². The molecule has 4 nitrogen and oxygen atoms in total. The fraction of sp³-hybridized carbons (Fsp3) is 0.818. The Bertz CT molecular complexity index is 263. The minimum absolute atomic E-state index is 0.0154. The summed E-state index contributed by atoms with van der Waals surface area (Å²) < 4.78 is 0. The molecule has 0 aromatic heterocycles. The molecule has 4 heteroatoms. The number of hydrogen-bond donors (Lipinski definition) is 1. The lowest BCUT2D eigenvalue weighted by Crippen LogP contribution is -2.57. The van der Waals surface area contributed by atoms with Crippen LogP contribution in [0, 0.1) is 11.8 Å². The van der Waals surface area contributed by atoms with Crippen LogP contribution >= 0.6 is 0 Å². The van der Waals surface area contributed by atoms with Gasteiger partial charge in [-0.1, -0.05) is 20.8 Å². The summed E-state index contributed by atoms with van der Waals surface area (Å²) in [5.74, 6) is 0.339. The van der Waals surface area contributed by atoms with E-state index in [2.05, 4.69) is 5.32 Å². The van der Waals surface area contributed by atoms with Gasteiger partial charge in [-0.2, -0.15) is 0 Å². The van der Waals surface area contributed by atoms with Crippen molar-refractivity contribution < 1.29 is 9.59 Å². The summed E-state index contributed by atoms with van der Waals surface area (Å²) in [4.78, 5) is 25.1. The molecule has 86 valence electrons. The molecule has 0 saturated carbocycles. The average molecular weight is 212 g/mol. The Kier molecular flexibility index (Phi) is 3.72. The highest BCUT2D eigenvalue weighted by atomic mass is 16.2. The lowest BCUT2D eigenvalue weighted by Gasteiger charge is -2.35. The van der Waals surface area contributed by atoms with Gasteiger partial charge in [-0.25, -0.2) is 0 Å². The van der Waals surface area contributed by atoms with E-state index in [0.717, 1.165) is 0 Å². The van der Waals surface area contributed by atoms with Gasteiger partial charge in [0.2, 0.25) is 11.8 Å². The van der Waals surface area contributed by atoms with Crippen LogP contribution in [0.25, 0.3) is 0 Å². The number of hydrogen-bond acceptors (Lipinski definition) is 2. The summed E-state index contributed by atoms with van der Waals surface area (Å²) in [6.07, 6.45) is 0. The van der Waals surface area contributed by atoms with Crippen LogP contribution in [0.15, 0.2) is 0 Å². The quantitative estimate of drug-likeness (QED) is 0.729. The molecular weight excluding hydrogens is 192 g/mol. The van der Waals surface area contributed by atoms with Gasteiger partial charge in [0.15, 0.2) is 0 Å². The van der Waals surface area contributed by atoms with E-state index in [4.69, 9.17) is 0 Å². The molecule has 15 heavy (non-hydrogen) atoms. The third-order valence-corrected chi connectivity index (χ3v) is 3.17. The van der Waals surface area contributed by atoms with E-state index >= 15 is 0 Å². The molecule has 0 spiro atoms. The molecule has 2 unspecified atom stereocenters. The molecule has 1 fully saturated rings. The Labute approximate surface area is 91.0 Å². The van der Waals surface area contributed by atoms with Crippen molar-refractivity contribution in [2.75, 3.05) is 13.1 Å². The summed E-state index contributed by atoms with van der Waals surface area (Å²) in [6, 6.07) is -0.326. The van der Waals surface area contributed by atoms with Gasteiger partial charge in [-0.05, 0) is 12.8 Å². The molecule has 0 aliphatic carbocycles. The number of piperazine rings is 1. The second-order valence-corrected chi connectivity index (χ2v) is 4.53. The number of nitrogens with zero attached hydrogens (tertiary/aromatic N) is 1. The first-order valence-corrected chi connectivity index (χ1v) is 5.53. The van der Waals surface area contributed by atoms with Crippen LogP contribution in [0.5, 0.6) is 0 Å². The van der Waals surface area contributed by atoms with Crippen LogP contribution in [-0.4, -0.2) is 35.8 Å². The van der Waals surface area contributed by atoms with Crippen LogP contribution in [0.3, 0.4) is 0 Å². The maximum atomic E-state index is 12.0. The molecule has 0 radical (unpaired) electrons. The fourth-order valence-electron chi connectivity index (χ4n) is 1.63. The predicted molar refractivity (Wildman–Crippen MR) is 58.2 cm³/mol. The van der Waals surface area contributed by atoms with Gasteiger partial charge in [0.25, 0.3) is 0 Å². The van der Waals surface area contributed by atoms with Gasteiger partial charge in [-0.3, -0.25) is 9.59 Å². The molecule has 1 heterocycles. The highest BCUT2D eigenvalue weighted by Gasteiger charge is 2.32. The monoisotopic (exact) mass is 212 g/mol. The zero-order valence-electron chi connectivity index (χ0n) is 9.91. The maximum Gasteiger partial charge on any atom is 0.242 e. The van der Waals surface area contributed by atoms with Gasteiger partial charge < -0.3 is 10.2 Å². The predicted octanol–water partition coefficient (Wildman–Crippen LogP) is 0.625. The molecular formula is C11H20N2O2. The summed E-state index contributed by atoms with van der Waals surface area (Å²) in [5.41, 5.74) is 0. The SMILES string of the molecule is CC(C)C(C)C(=O)N1CCNC(=O)C1C. The van der Waals surface area contributed by atoms with Crippen molar-refractivity contribution in [3.05, 3.63) is 0 Å². The lowest BCUT2D eigenvalue weighted by atomic mass is 9.95. The summed E-state index contributed by atoms with van der Waals surface area (Å²) >= 11 is 0. The highest BCUT2D eigenvalue weighted by Crippen LogP contribution is 2.16. The van der Waals surface area contributed by atoms with Crippen molar-refractivity contribution in [3.8, 4) is 0 Å². The number of amides is 2. The fourth-order valence-corrected chi connectivity index (χ4v) is 1.63.